The highest BCUT2D eigenvalue weighted by atomic mass is 35.5. The van der Waals surface area contributed by atoms with Gasteiger partial charge >= 0.3 is 6.03 Å². The second-order valence-corrected chi connectivity index (χ2v) is 9.72. The Morgan fingerprint density at radius 1 is 1.16 bits per heavy atom. The highest BCUT2D eigenvalue weighted by molar-refractivity contribution is 6.31. The Labute approximate surface area is 190 Å². The zero-order chi connectivity index (χ0) is 22.2. The summed E-state index contributed by atoms with van der Waals surface area (Å²) in [5.74, 6) is 0. The number of halogens is 1. The molecule has 1 N–H and O–H groups in total. The molecule has 2 aromatic rings. The molecule has 0 saturated carbocycles. The fourth-order valence-corrected chi connectivity index (χ4v) is 4.97. The first-order valence-corrected chi connectivity index (χ1v) is 11.5. The van der Waals surface area contributed by atoms with Crippen LogP contribution < -0.4 is 10.2 Å². The van der Waals surface area contributed by atoms with E-state index >= 15 is 0 Å². The van der Waals surface area contributed by atoms with Gasteiger partial charge in [-0.1, -0.05) is 47.0 Å². The smallest absolute Gasteiger partial charge is 0.307 e. The molecule has 2 heterocycles. The molecule has 1 saturated heterocycles. The number of nitrogens with one attached hydrogen (secondary N) is 1. The summed E-state index contributed by atoms with van der Waals surface area (Å²) in [5.41, 5.74) is 6.67. The number of hydrogen-bond donors (Lipinski definition) is 1. The summed E-state index contributed by atoms with van der Waals surface area (Å²) < 4.78 is 0. The van der Waals surface area contributed by atoms with Crippen molar-refractivity contribution in [3.63, 3.8) is 0 Å². The van der Waals surface area contributed by atoms with Crippen molar-refractivity contribution in [3.05, 3.63) is 69.8 Å². The molecule has 0 atom stereocenters. The largest absolute Gasteiger partial charge is 0.326 e. The molecule has 2 aromatic carbocycles. The van der Waals surface area contributed by atoms with Gasteiger partial charge in [0.05, 0.1) is 0 Å². The number of carbonyl (C=O) groups excluding carboxylic acids is 1. The molecule has 1 fully saturated rings. The number of aryl methyl sites for hydroxylation is 1. The van der Waals surface area contributed by atoms with Gasteiger partial charge in [-0.25, -0.2) is 4.79 Å². The van der Waals surface area contributed by atoms with Crippen LogP contribution in [0.4, 0.5) is 16.2 Å². The highest BCUT2D eigenvalue weighted by Gasteiger charge is 2.46. The number of piperidine rings is 1. The standard InChI is InChI=1S/C26H32ClN3O/c1-18(2)10-13-29-14-11-26(12-15-29)17-30(24-9-8-19(3)16-21(24)26)25(31)28-23-7-5-6-22(27)20(23)4/h5-10,16H,11-15,17H2,1-4H3,(H,28,31). The summed E-state index contributed by atoms with van der Waals surface area (Å²) in [6.45, 7) is 12.2. The first-order chi connectivity index (χ1) is 14.8. The number of rotatable bonds is 3. The Balaban J connectivity index is 1.57. The molecule has 0 radical (unpaired) electrons. The summed E-state index contributed by atoms with van der Waals surface area (Å²) >= 11 is 6.26. The van der Waals surface area contributed by atoms with Gasteiger partial charge in [0.15, 0.2) is 0 Å². The van der Waals surface area contributed by atoms with E-state index in [1.807, 2.05) is 30.0 Å². The third-order valence-corrected chi connectivity index (χ3v) is 7.21. The van der Waals surface area contributed by atoms with Crippen LogP contribution in [0.15, 0.2) is 48.0 Å². The summed E-state index contributed by atoms with van der Waals surface area (Å²) in [5, 5.41) is 3.76. The first kappa shape index (κ1) is 21.9. The third-order valence-electron chi connectivity index (χ3n) is 6.80. The lowest BCUT2D eigenvalue weighted by Gasteiger charge is -2.39. The lowest BCUT2D eigenvalue weighted by atomic mass is 9.74. The molecule has 0 unspecified atom stereocenters. The van der Waals surface area contributed by atoms with Crippen molar-refractivity contribution in [3.8, 4) is 0 Å². The van der Waals surface area contributed by atoms with Gasteiger partial charge < -0.3 is 5.32 Å². The quantitative estimate of drug-likeness (QED) is 0.571. The van der Waals surface area contributed by atoms with E-state index in [9.17, 15) is 4.79 Å². The number of carbonyl (C=O) groups is 1. The van der Waals surface area contributed by atoms with E-state index in [1.54, 1.807) is 0 Å². The van der Waals surface area contributed by atoms with E-state index in [2.05, 4.69) is 55.3 Å². The number of fused-ring (bicyclic) bond motifs is 2. The Morgan fingerprint density at radius 2 is 1.90 bits per heavy atom. The molecule has 2 aliphatic heterocycles. The zero-order valence-corrected chi connectivity index (χ0v) is 19.7. The SMILES string of the molecule is CC(C)=CCN1CCC2(CC1)CN(C(=O)Nc1cccc(Cl)c1C)c1ccc(C)cc12. The van der Waals surface area contributed by atoms with Crippen molar-refractivity contribution in [2.75, 3.05) is 36.4 Å². The average Bonchev–Trinajstić information content (AvgIpc) is 3.04. The number of hydrogen-bond acceptors (Lipinski definition) is 2. The molecule has 0 aromatic heterocycles. The van der Waals surface area contributed by atoms with Crippen LogP contribution in [0.3, 0.4) is 0 Å². The maximum absolute atomic E-state index is 13.3. The van der Waals surface area contributed by atoms with Gasteiger partial charge in [0.1, 0.15) is 0 Å². The van der Waals surface area contributed by atoms with Crippen molar-refractivity contribution < 1.29 is 4.79 Å². The van der Waals surface area contributed by atoms with E-state index < -0.39 is 0 Å². The normalized spacial score (nSPS) is 17.5. The minimum absolute atomic E-state index is 0.0313. The number of benzene rings is 2. The molecule has 31 heavy (non-hydrogen) atoms. The van der Waals surface area contributed by atoms with Gasteiger partial charge in [-0.05, 0) is 83.0 Å². The molecule has 5 heteroatoms. The summed E-state index contributed by atoms with van der Waals surface area (Å²) in [4.78, 5) is 17.8. The molecule has 164 valence electrons. The molecular formula is C26H32ClN3O. The summed E-state index contributed by atoms with van der Waals surface area (Å²) in [6, 6.07) is 12.0. The molecule has 0 aliphatic carbocycles. The number of anilines is 2. The van der Waals surface area contributed by atoms with E-state index in [1.165, 1.54) is 16.7 Å². The predicted molar refractivity (Wildman–Crippen MR) is 131 cm³/mol. The second kappa shape index (κ2) is 8.68. The average molecular weight is 438 g/mol. The molecule has 4 nitrogen and oxygen atoms in total. The fraction of sp³-hybridized carbons (Fsp3) is 0.423. The first-order valence-electron chi connectivity index (χ1n) is 11.1. The number of amides is 2. The van der Waals surface area contributed by atoms with Crippen molar-refractivity contribution in [2.24, 2.45) is 0 Å². The van der Waals surface area contributed by atoms with E-state index in [0.29, 0.717) is 5.02 Å². The molecule has 2 amide bonds. The highest BCUT2D eigenvalue weighted by Crippen LogP contribution is 2.47. The van der Waals surface area contributed by atoms with Gasteiger partial charge in [0.25, 0.3) is 0 Å². The van der Waals surface area contributed by atoms with Gasteiger partial charge in [0.2, 0.25) is 0 Å². The van der Waals surface area contributed by atoms with Crippen molar-refractivity contribution in [1.29, 1.82) is 0 Å². The van der Waals surface area contributed by atoms with Crippen LogP contribution >= 0.6 is 11.6 Å². The predicted octanol–water partition coefficient (Wildman–Crippen LogP) is 6.31. The number of likely N-dealkylation sites (tertiary alicyclic amines) is 1. The maximum Gasteiger partial charge on any atom is 0.326 e. The number of allylic oxidation sites excluding steroid dienone is 1. The molecule has 4 rings (SSSR count). The van der Waals surface area contributed by atoms with Gasteiger partial charge in [-0.15, -0.1) is 0 Å². The fourth-order valence-electron chi connectivity index (χ4n) is 4.79. The topological polar surface area (TPSA) is 35.6 Å². The Hall–Kier alpha value is -2.30. The van der Waals surface area contributed by atoms with Crippen LogP contribution in [0.2, 0.25) is 5.02 Å². The van der Waals surface area contributed by atoms with Crippen molar-refractivity contribution in [1.82, 2.24) is 4.90 Å². The second-order valence-electron chi connectivity index (χ2n) is 9.31. The van der Waals surface area contributed by atoms with E-state index in [0.717, 1.165) is 56.0 Å². The summed E-state index contributed by atoms with van der Waals surface area (Å²) in [7, 11) is 0. The van der Waals surface area contributed by atoms with Crippen LogP contribution in [0.25, 0.3) is 0 Å². The Morgan fingerprint density at radius 3 is 2.61 bits per heavy atom. The molecule has 2 aliphatic rings. The number of nitrogens with zero attached hydrogens (tertiary/aromatic N) is 2. The number of urea groups is 1. The Kier molecular flexibility index (Phi) is 6.14. The lowest BCUT2D eigenvalue weighted by Crippen LogP contribution is -2.46. The van der Waals surface area contributed by atoms with E-state index in [-0.39, 0.29) is 11.4 Å². The van der Waals surface area contributed by atoms with Crippen LogP contribution in [0.1, 0.15) is 43.4 Å². The van der Waals surface area contributed by atoms with Crippen LogP contribution in [-0.2, 0) is 5.41 Å². The third kappa shape index (κ3) is 4.37. The molecule has 0 bridgehead atoms. The lowest BCUT2D eigenvalue weighted by molar-refractivity contribution is 0.180. The Bertz CT molecular complexity index is 1020. The van der Waals surface area contributed by atoms with Crippen LogP contribution in [0.5, 0.6) is 0 Å². The van der Waals surface area contributed by atoms with Gasteiger partial charge in [0, 0.05) is 34.9 Å². The van der Waals surface area contributed by atoms with Crippen LogP contribution in [0, 0.1) is 13.8 Å². The van der Waals surface area contributed by atoms with Crippen molar-refractivity contribution in [2.45, 2.75) is 46.0 Å². The zero-order valence-electron chi connectivity index (χ0n) is 19.0. The molecule has 1 spiro atoms. The van der Waals surface area contributed by atoms with Crippen LogP contribution in [-0.4, -0.2) is 37.1 Å². The minimum atomic E-state index is -0.0840. The van der Waals surface area contributed by atoms with Gasteiger partial charge in [-0.2, -0.15) is 0 Å². The maximum atomic E-state index is 13.3. The monoisotopic (exact) mass is 437 g/mol. The van der Waals surface area contributed by atoms with Crippen molar-refractivity contribution >= 4 is 29.0 Å². The minimum Gasteiger partial charge on any atom is -0.307 e. The molecular weight excluding hydrogens is 406 g/mol. The van der Waals surface area contributed by atoms with E-state index in [4.69, 9.17) is 11.6 Å². The van der Waals surface area contributed by atoms with Gasteiger partial charge in [-0.3, -0.25) is 9.80 Å². The summed E-state index contributed by atoms with van der Waals surface area (Å²) in [6.07, 6.45) is 4.44.